The molecular weight excluding hydrogens is 378 g/mol. The summed E-state index contributed by atoms with van der Waals surface area (Å²) >= 11 is 0. The molecule has 0 saturated heterocycles. The molecule has 1 N–H and O–H groups in total. The van der Waals surface area contributed by atoms with Crippen molar-refractivity contribution in [2.75, 3.05) is 31.4 Å². The Balaban J connectivity index is 1.98. The number of aromatic nitrogens is 4. The molecule has 3 heterocycles. The molecule has 8 heteroatoms. The fraction of sp³-hybridized carbons (Fsp3) is 0.227. The van der Waals surface area contributed by atoms with E-state index in [2.05, 4.69) is 31.8 Å². The maximum atomic E-state index is 13.1. The highest BCUT2D eigenvalue weighted by Gasteiger charge is 2.20. The van der Waals surface area contributed by atoms with E-state index in [1.165, 1.54) is 6.33 Å². The van der Waals surface area contributed by atoms with Crippen LogP contribution in [-0.2, 0) is 0 Å². The van der Waals surface area contributed by atoms with Gasteiger partial charge in [-0.3, -0.25) is 4.79 Å². The lowest BCUT2D eigenvalue weighted by Crippen LogP contribution is -2.28. The van der Waals surface area contributed by atoms with E-state index in [1.807, 2.05) is 44.1 Å². The van der Waals surface area contributed by atoms with Gasteiger partial charge >= 0.3 is 0 Å². The van der Waals surface area contributed by atoms with Crippen molar-refractivity contribution >= 4 is 23.4 Å². The topological polar surface area (TPSA) is 87.1 Å². The number of amides is 1. The Morgan fingerprint density at radius 1 is 1.03 bits per heavy atom. The third kappa shape index (κ3) is 4.60. The first-order valence-corrected chi connectivity index (χ1v) is 9.53. The summed E-state index contributed by atoms with van der Waals surface area (Å²) < 4.78 is 0. The zero-order chi connectivity index (χ0) is 21.7. The first-order chi connectivity index (χ1) is 14.4. The van der Waals surface area contributed by atoms with Gasteiger partial charge in [0.25, 0.3) is 5.91 Å². The smallest absolute Gasteiger partial charge is 0.261 e. The second-order valence-corrected chi connectivity index (χ2v) is 6.92. The summed E-state index contributed by atoms with van der Waals surface area (Å²) in [4.78, 5) is 33.5. The minimum absolute atomic E-state index is 0.145. The molecule has 0 aliphatic carbocycles. The number of pyridine rings is 2. The normalized spacial score (nSPS) is 10.4. The second kappa shape index (κ2) is 9.13. The summed E-state index contributed by atoms with van der Waals surface area (Å²) in [6, 6.07) is 7.38. The van der Waals surface area contributed by atoms with Gasteiger partial charge in [-0.25, -0.2) is 19.9 Å². The standard InChI is InChI=1S/C22H25N7O/c1-6-15(2)29(5)22(30)18-11-17(13-25-21(18)28(3)4)16-7-10-24-20(12-16)27-19-8-9-23-14-26-19/h7-14H,2,6H2,1,3-5H3,(H,23,24,26,27). The Bertz CT molecular complexity index is 1050. The van der Waals surface area contributed by atoms with Crippen LogP contribution < -0.4 is 10.2 Å². The number of hydrogen-bond donors (Lipinski definition) is 1. The number of carbonyl (C=O) groups excluding carboxylic acids is 1. The van der Waals surface area contributed by atoms with Crippen LogP contribution in [-0.4, -0.2) is 51.9 Å². The zero-order valence-corrected chi connectivity index (χ0v) is 17.6. The molecule has 3 rings (SSSR count). The highest BCUT2D eigenvalue weighted by Crippen LogP contribution is 2.27. The van der Waals surface area contributed by atoms with Crippen LogP contribution in [0.1, 0.15) is 23.7 Å². The van der Waals surface area contributed by atoms with Gasteiger partial charge in [-0.2, -0.15) is 0 Å². The molecule has 154 valence electrons. The molecule has 0 saturated carbocycles. The van der Waals surface area contributed by atoms with E-state index in [-0.39, 0.29) is 5.91 Å². The van der Waals surface area contributed by atoms with E-state index in [0.717, 1.165) is 16.8 Å². The molecule has 0 aromatic carbocycles. The lowest BCUT2D eigenvalue weighted by molar-refractivity contribution is 0.0834. The second-order valence-electron chi connectivity index (χ2n) is 6.92. The molecule has 0 aliphatic heterocycles. The Morgan fingerprint density at radius 2 is 1.83 bits per heavy atom. The third-order valence-corrected chi connectivity index (χ3v) is 4.64. The van der Waals surface area contributed by atoms with Crippen LogP contribution in [0.5, 0.6) is 0 Å². The minimum Gasteiger partial charge on any atom is -0.362 e. The van der Waals surface area contributed by atoms with Crippen molar-refractivity contribution in [3.8, 4) is 11.1 Å². The molecular formula is C22H25N7O. The predicted molar refractivity (Wildman–Crippen MR) is 119 cm³/mol. The lowest BCUT2D eigenvalue weighted by atomic mass is 10.1. The van der Waals surface area contributed by atoms with E-state index in [9.17, 15) is 4.79 Å². The summed E-state index contributed by atoms with van der Waals surface area (Å²) in [6.45, 7) is 5.94. The van der Waals surface area contributed by atoms with Gasteiger partial charge in [0.05, 0.1) is 5.56 Å². The maximum Gasteiger partial charge on any atom is 0.261 e. The van der Waals surface area contributed by atoms with E-state index in [0.29, 0.717) is 29.4 Å². The van der Waals surface area contributed by atoms with E-state index < -0.39 is 0 Å². The summed E-state index contributed by atoms with van der Waals surface area (Å²) in [6.07, 6.45) is 7.27. The number of anilines is 3. The number of nitrogens with zero attached hydrogens (tertiary/aromatic N) is 6. The Kier molecular flexibility index (Phi) is 6.36. The third-order valence-electron chi connectivity index (χ3n) is 4.64. The van der Waals surface area contributed by atoms with Crippen molar-refractivity contribution in [2.24, 2.45) is 0 Å². The first-order valence-electron chi connectivity index (χ1n) is 9.53. The average molecular weight is 403 g/mol. The van der Waals surface area contributed by atoms with Crippen molar-refractivity contribution in [1.82, 2.24) is 24.8 Å². The molecule has 8 nitrogen and oxygen atoms in total. The van der Waals surface area contributed by atoms with E-state index >= 15 is 0 Å². The highest BCUT2D eigenvalue weighted by molar-refractivity contribution is 6.00. The average Bonchev–Trinajstić information content (AvgIpc) is 2.78. The number of carbonyl (C=O) groups is 1. The Labute approximate surface area is 176 Å². The molecule has 3 aromatic heterocycles. The van der Waals surface area contributed by atoms with E-state index in [4.69, 9.17) is 0 Å². The lowest BCUT2D eigenvalue weighted by Gasteiger charge is -2.22. The minimum atomic E-state index is -0.145. The molecule has 0 radical (unpaired) electrons. The largest absolute Gasteiger partial charge is 0.362 e. The highest BCUT2D eigenvalue weighted by atomic mass is 16.2. The van der Waals surface area contributed by atoms with Crippen molar-refractivity contribution in [1.29, 1.82) is 0 Å². The summed E-state index contributed by atoms with van der Waals surface area (Å²) in [5, 5.41) is 3.14. The van der Waals surface area contributed by atoms with Gasteiger partial charge in [-0.15, -0.1) is 0 Å². The molecule has 0 spiro atoms. The molecule has 0 atom stereocenters. The maximum absolute atomic E-state index is 13.1. The molecule has 1 amide bonds. The van der Waals surface area contributed by atoms with Gasteiger partial charge < -0.3 is 15.1 Å². The zero-order valence-electron chi connectivity index (χ0n) is 17.6. The van der Waals surface area contributed by atoms with Gasteiger partial charge in [-0.05, 0) is 36.2 Å². The van der Waals surface area contributed by atoms with Crippen LogP contribution in [0.4, 0.5) is 17.5 Å². The van der Waals surface area contributed by atoms with Gasteiger partial charge in [-0.1, -0.05) is 13.5 Å². The number of rotatable bonds is 7. The fourth-order valence-corrected chi connectivity index (χ4v) is 2.86. The molecule has 3 aromatic rings. The fourth-order valence-electron chi connectivity index (χ4n) is 2.86. The Morgan fingerprint density at radius 3 is 2.50 bits per heavy atom. The van der Waals surface area contributed by atoms with Crippen molar-refractivity contribution < 1.29 is 4.79 Å². The molecule has 0 fully saturated rings. The molecule has 30 heavy (non-hydrogen) atoms. The van der Waals surface area contributed by atoms with Gasteiger partial charge in [0.2, 0.25) is 0 Å². The molecule has 0 aliphatic rings. The number of nitrogens with one attached hydrogen (secondary N) is 1. The summed E-state index contributed by atoms with van der Waals surface area (Å²) in [5.41, 5.74) is 2.95. The van der Waals surface area contributed by atoms with Crippen molar-refractivity contribution in [3.05, 3.63) is 67.0 Å². The van der Waals surface area contributed by atoms with Crippen LogP contribution in [0.15, 0.2) is 61.5 Å². The van der Waals surface area contributed by atoms with Crippen molar-refractivity contribution in [2.45, 2.75) is 13.3 Å². The van der Waals surface area contributed by atoms with Crippen LogP contribution in [0.3, 0.4) is 0 Å². The van der Waals surface area contributed by atoms with Gasteiger partial charge in [0.1, 0.15) is 23.8 Å². The van der Waals surface area contributed by atoms with Crippen LogP contribution in [0, 0.1) is 0 Å². The SMILES string of the molecule is C=C(CC)N(C)C(=O)c1cc(-c2ccnc(Nc3ccncn3)c2)cnc1N(C)C. The summed E-state index contributed by atoms with van der Waals surface area (Å²) in [7, 11) is 5.46. The molecule has 0 bridgehead atoms. The van der Waals surface area contributed by atoms with Crippen molar-refractivity contribution in [3.63, 3.8) is 0 Å². The first kappa shape index (κ1) is 20.9. The predicted octanol–water partition coefficient (Wildman–Crippen LogP) is 3.74. The van der Waals surface area contributed by atoms with Crippen LogP contribution >= 0.6 is 0 Å². The van der Waals surface area contributed by atoms with Crippen LogP contribution in [0.25, 0.3) is 11.1 Å². The number of hydrogen-bond acceptors (Lipinski definition) is 7. The summed E-state index contributed by atoms with van der Waals surface area (Å²) in [5.74, 6) is 1.74. The van der Waals surface area contributed by atoms with E-state index in [1.54, 1.807) is 36.6 Å². The molecule has 0 unspecified atom stereocenters. The number of allylic oxidation sites excluding steroid dienone is 1. The van der Waals surface area contributed by atoms with Crippen LogP contribution in [0.2, 0.25) is 0 Å². The quantitative estimate of drug-likeness (QED) is 0.643. The monoisotopic (exact) mass is 403 g/mol. The van der Waals surface area contributed by atoms with Gasteiger partial charge in [0, 0.05) is 51.0 Å². The van der Waals surface area contributed by atoms with Gasteiger partial charge in [0.15, 0.2) is 0 Å². The Hall–Kier alpha value is -3.81.